The van der Waals surface area contributed by atoms with Gasteiger partial charge in [-0.05, 0) is 10.4 Å². The van der Waals surface area contributed by atoms with Crippen LogP contribution in [0, 0.1) is 0 Å². The third kappa shape index (κ3) is 1.44. The van der Waals surface area contributed by atoms with Crippen molar-refractivity contribution < 1.29 is 0 Å². The number of nitrogen functional groups attached to an aromatic ring is 2. The standard InChI is InChI=1S/C8H6N12O/c9-4-3-5(12-1-11-4)16-18-19(3)20-6-2(15-17-20)7(21)14-8(10)13-6/h1H,(H2,9,11,12)(H3,10,13,14,21). The first-order chi connectivity index (χ1) is 10.1. The molecule has 0 aliphatic carbocycles. The third-order valence-corrected chi connectivity index (χ3v) is 2.75. The normalized spacial score (nSPS) is 11.4. The van der Waals surface area contributed by atoms with Crippen LogP contribution in [0.5, 0.6) is 0 Å². The fourth-order valence-electron chi connectivity index (χ4n) is 1.87. The van der Waals surface area contributed by atoms with Crippen molar-refractivity contribution in [2.75, 3.05) is 11.5 Å². The van der Waals surface area contributed by atoms with Gasteiger partial charge in [-0.1, -0.05) is 0 Å². The van der Waals surface area contributed by atoms with Crippen LogP contribution >= 0.6 is 0 Å². The molecule has 5 N–H and O–H groups in total. The number of H-pyrrole nitrogens is 1. The summed E-state index contributed by atoms with van der Waals surface area (Å²) in [6.07, 6.45) is 1.26. The van der Waals surface area contributed by atoms with E-state index in [-0.39, 0.29) is 28.6 Å². The van der Waals surface area contributed by atoms with Gasteiger partial charge in [0.15, 0.2) is 16.9 Å². The highest BCUT2D eigenvalue weighted by Crippen LogP contribution is 2.14. The second-order valence-corrected chi connectivity index (χ2v) is 4.01. The monoisotopic (exact) mass is 286 g/mol. The zero-order chi connectivity index (χ0) is 14.6. The molecule has 0 spiro atoms. The Balaban J connectivity index is 2.12. The summed E-state index contributed by atoms with van der Waals surface area (Å²) in [5.41, 5.74) is 11.5. The van der Waals surface area contributed by atoms with Crippen molar-refractivity contribution >= 4 is 34.1 Å². The molecule has 4 aromatic heterocycles. The van der Waals surface area contributed by atoms with E-state index in [0.29, 0.717) is 5.52 Å². The summed E-state index contributed by atoms with van der Waals surface area (Å²) in [4.78, 5) is 28.1. The second-order valence-electron chi connectivity index (χ2n) is 4.01. The van der Waals surface area contributed by atoms with Gasteiger partial charge in [-0.2, -0.15) is 4.98 Å². The van der Waals surface area contributed by atoms with E-state index < -0.39 is 5.56 Å². The highest BCUT2D eigenvalue weighted by atomic mass is 16.1. The first-order valence-corrected chi connectivity index (χ1v) is 5.59. The average molecular weight is 286 g/mol. The van der Waals surface area contributed by atoms with Crippen molar-refractivity contribution in [1.29, 1.82) is 0 Å². The maximum atomic E-state index is 11.7. The van der Waals surface area contributed by atoms with Gasteiger partial charge in [-0.3, -0.25) is 9.78 Å². The van der Waals surface area contributed by atoms with Gasteiger partial charge in [0.1, 0.15) is 6.33 Å². The highest BCUT2D eigenvalue weighted by Gasteiger charge is 2.17. The highest BCUT2D eigenvalue weighted by molar-refractivity contribution is 5.81. The number of nitrogens with zero attached hydrogens (tertiary/aromatic N) is 9. The lowest BCUT2D eigenvalue weighted by Crippen LogP contribution is -2.17. The van der Waals surface area contributed by atoms with Gasteiger partial charge in [0.25, 0.3) is 5.56 Å². The number of hydrogen-bond acceptors (Lipinski definition) is 10. The first-order valence-electron chi connectivity index (χ1n) is 5.59. The molecule has 0 aliphatic heterocycles. The fourth-order valence-corrected chi connectivity index (χ4v) is 1.87. The molecule has 104 valence electrons. The molecule has 0 radical (unpaired) electrons. The molecule has 0 aliphatic rings. The van der Waals surface area contributed by atoms with Gasteiger partial charge in [0, 0.05) is 0 Å². The molecule has 13 heteroatoms. The predicted molar refractivity (Wildman–Crippen MR) is 68.7 cm³/mol. The lowest BCUT2D eigenvalue weighted by atomic mass is 10.5. The number of aromatic amines is 1. The van der Waals surface area contributed by atoms with E-state index in [9.17, 15) is 4.79 Å². The lowest BCUT2D eigenvalue weighted by molar-refractivity contribution is 0.502. The van der Waals surface area contributed by atoms with E-state index in [2.05, 4.69) is 40.6 Å². The molecule has 13 nitrogen and oxygen atoms in total. The molecule has 0 aromatic carbocycles. The van der Waals surface area contributed by atoms with Crippen LogP contribution < -0.4 is 17.0 Å². The molecule has 0 saturated carbocycles. The summed E-state index contributed by atoms with van der Waals surface area (Å²) >= 11 is 0. The largest absolute Gasteiger partial charge is 0.382 e. The molecule has 21 heavy (non-hydrogen) atoms. The summed E-state index contributed by atoms with van der Waals surface area (Å²) in [6, 6.07) is 0. The minimum absolute atomic E-state index is 0.00303. The Kier molecular flexibility index (Phi) is 1.97. The quantitative estimate of drug-likeness (QED) is 0.338. The van der Waals surface area contributed by atoms with Crippen molar-refractivity contribution in [3.63, 3.8) is 0 Å². The van der Waals surface area contributed by atoms with Gasteiger partial charge in [-0.25, -0.2) is 9.97 Å². The van der Waals surface area contributed by atoms with Crippen molar-refractivity contribution in [2.24, 2.45) is 0 Å². The smallest absolute Gasteiger partial charge is 0.282 e. The van der Waals surface area contributed by atoms with Crippen molar-refractivity contribution in [1.82, 2.24) is 50.1 Å². The van der Waals surface area contributed by atoms with E-state index >= 15 is 0 Å². The molecule has 0 atom stereocenters. The molecular formula is C8H6N12O. The number of nitrogens with two attached hydrogens (primary N) is 2. The van der Waals surface area contributed by atoms with Crippen LogP contribution in [-0.4, -0.2) is 50.1 Å². The van der Waals surface area contributed by atoms with Gasteiger partial charge in [-0.15, -0.1) is 19.8 Å². The Labute approximate surface area is 113 Å². The van der Waals surface area contributed by atoms with E-state index in [4.69, 9.17) is 11.5 Å². The van der Waals surface area contributed by atoms with E-state index in [1.807, 2.05) is 0 Å². The summed E-state index contributed by atoms with van der Waals surface area (Å²) < 4.78 is 0. The SMILES string of the molecule is Nc1nc2c(nnn2-n2nnc3ncnc(N)c32)c(=O)[nH]1. The number of nitrogens with one attached hydrogen (secondary N) is 1. The molecule has 4 heterocycles. The topological polar surface area (TPSA) is 185 Å². The third-order valence-electron chi connectivity index (χ3n) is 2.75. The van der Waals surface area contributed by atoms with Crippen LogP contribution in [-0.2, 0) is 0 Å². The van der Waals surface area contributed by atoms with Crippen molar-refractivity contribution in [3.05, 3.63) is 16.7 Å². The summed E-state index contributed by atoms with van der Waals surface area (Å²) in [5.74, 6) is 0.0659. The minimum atomic E-state index is -0.516. The van der Waals surface area contributed by atoms with Crippen LogP contribution in [0.3, 0.4) is 0 Å². The maximum Gasteiger partial charge on any atom is 0.282 e. The first kappa shape index (κ1) is 11.2. The van der Waals surface area contributed by atoms with Crippen LogP contribution in [0.1, 0.15) is 0 Å². The Morgan fingerprint density at radius 1 is 1.10 bits per heavy atom. The number of hydrogen-bond donors (Lipinski definition) is 3. The minimum Gasteiger partial charge on any atom is -0.382 e. The van der Waals surface area contributed by atoms with Crippen LogP contribution in [0.15, 0.2) is 11.1 Å². The molecule has 4 rings (SSSR count). The summed E-state index contributed by atoms with van der Waals surface area (Å²) in [5, 5.41) is 15.2. The summed E-state index contributed by atoms with van der Waals surface area (Å²) in [6.45, 7) is 0. The maximum absolute atomic E-state index is 11.7. The number of aromatic nitrogens is 10. The van der Waals surface area contributed by atoms with E-state index in [0.717, 1.165) is 4.79 Å². The second kappa shape index (κ2) is 3.69. The average Bonchev–Trinajstić information content (AvgIpc) is 3.02. The fraction of sp³-hybridized carbons (Fsp3) is 0. The van der Waals surface area contributed by atoms with Crippen molar-refractivity contribution in [2.45, 2.75) is 0 Å². The molecule has 4 aromatic rings. The Morgan fingerprint density at radius 2 is 1.90 bits per heavy atom. The van der Waals surface area contributed by atoms with Crippen LogP contribution in [0.2, 0.25) is 0 Å². The van der Waals surface area contributed by atoms with Gasteiger partial charge < -0.3 is 11.5 Å². The predicted octanol–water partition coefficient (Wildman–Crippen LogP) is -2.47. The van der Waals surface area contributed by atoms with E-state index in [1.165, 1.54) is 11.1 Å². The molecule has 0 fully saturated rings. The molecule has 0 amide bonds. The zero-order valence-electron chi connectivity index (χ0n) is 10.2. The van der Waals surface area contributed by atoms with E-state index in [1.54, 1.807) is 0 Å². The number of anilines is 2. The zero-order valence-corrected chi connectivity index (χ0v) is 10.2. The molecule has 0 saturated heterocycles. The number of rotatable bonds is 1. The lowest BCUT2D eigenvalue weighted by Gasteiger charge is -2.02. The Morgan fingerprint density at radius 3 is 2.76 bits per heavy atom. The van der Waals surface area contributed by atoms with Gasteiger partial charge in [0.05, 0.1) is 0 Å². The Hall–Kier alpha value is -3.64. The van der Waals surface area contributed by atoms with Crippen molar-refractivity contribution in [3.8, 4) is 0 Å². The Bertz CT molecular complexity index is 1040. The van der Waals surface area contributed by atoms with Gasteiger partial charge >= 0.3 is 0 Å². The molecule has 0 unspecified atom stereocenters. The molecular weight excluding hydrogens is 280 g/mol. The summed E-state index contributed by atoms with van der Waals surface area (Å²) in [7, 11) is 0. The number of fused-ring (bicyclic) bond motifs is 2. The van der Waals surface area contributed by atoms with Crippen LogP contribution in [0.4, 0.5) is 11.8 Å². The van der Waals surface area contributed by atoms with Gasteiger partial charge in [0.2, 0.25) is 17.2 Å². The van der Waals surface area contributed by atoms with Crippen LogP contribution in [0.25, 0.3) is 22.3 Å². The molecule has 0 bridgehead atoms.